The normalized spacial score (nSPS) is 11.5. The lowest BCUT2D eigenvalue weighted by atomic mass is 9.97. The van der Waals surface area contributed by atoms with E-state index in [9.17, 15) is 18.3 Å². The van der Waals surface area contributed by atoms with Gasteiger partial charge in [-0.25, -0.2) is 0 Å². The van der Waals surface area contributed by atoms with Crippen molar-refractivity contribution in [2.75, 3.05) is 7.11 Å². The third-order valence-corrected chi connectivity index (χ3v) is 5.44. The number of rotatable bonds is 6. The summed E-state index contributed by atoms with van der Waals surface area (Å²) in [5.41, 5.74) is 1.41. The zero-order valence-electron chi connectivity index (χ0n) is 18.1. The second kappa shape index (κ2) is 9.30. The van der Waals surface area contributed by atoms with Gasteiger partial charge >= 0.3 is 6.18 Å². The first-order chi connectivity index (χ1) is 16.2. The van der Waals surface area contributed by atoms with Crippen LogP contribution in [-0.2, 0) is 12.8 Å². The topological polar surface area (TPSA) is 64.7 Å². The smallest absolute Gasteiger partial charge is 0.453 e. The molecule has 0 amide bonds. The van der Waals surface area contributed by atoms with Gasteiger partial charge in [0, 0.05) is 16.7 Å². The van der Waals surface area contributed by atoms with Crippen LogP contribution in [0.25, 0.3) is 22.4 Å². The first kappa shape index (κ1) is 23.5. The van der Waals surface area contributed by atoms with E-state index in [0.29, 0.717) is 16.5 Å². The number of aromatic nitrogens is 1. The molecule has 4 rings (SSSR count). The summed E-state index contributed by atoms with van der Waals surface area (Å²) in [5, 5.41) is 14.9. The maximum absolute atomic E-state index is 13.7. The lowest BCUT2D eigenvalue weighted by Gasteiger charge is -2.12. The van der Waals surface area contributed by atoms with Crippen molar-refractivity contribution >= 4 is 11.6 Å². The van der Waals surface area contributed by atoms with Crippen LogP contribution < -0.4 is 9.47 Å². The Morgan fingerprint density at radius 1 is 1.03 bits per heavy atom. The van der Waals surface area contributed by atoms with Crippen LogP contribution in [0.3, 0.4) is 0 Å². The SMILES string of the molecule is COc1cc(-c2c(-c3ccc(OCc4ccc(Cl)cc4)cc3O)noc2C(F)(F)F)ccc1C. The van der Waals surface area contributed by atoms with Gasteiger partial charge in [-0.2, -0.15) is 13.2 Å². The van der Waals surface area contributed by atoms with Gasteiger partial charge in [-0.1, -0.05) is 41.0 Å². The molecular weight excluding hydrogens is 471 g/mol. The minimum absolute atomic E-state index is 0.0626. The zero-order chi connectivity index (χ0) is 24.5. The molecule has 9 heteroatoms. The summed E-state index contributed by atoms with van der Waals surface area (Å²) in [5.74, 6) is -0.839. The average Bonchev–Trinajstić information content (AvgIpc) is 3.24. The van der Waals surface area contributed by atoms with Crippen molar-refractivity contribution in [1.29, 1.82) is 0 Å². The van der Waals surface area contributed by atoms with Crippen molar-refractivity contribution in [3.05, 3.63) is 82.6 Å². The molecule has 0 aliphatic heterocycles. The minimum Gasteiger partial charge on any atom is -0.507 e. The van der Waals surface area contributed by atoms with Crippen LogP contribution in [0.15, 0.2) is 65.2 Å². The number of hydrogen-bond acceptors (Lipinski definition) is 5. The van der Waals surface area contributed by atoms with Crippen LogP contribution in [0.5, 0.6) is 17.2 Å². The Hall–Kier alpha value is -3.65. The molecule has 0 atom stereocenters. The predicted molar refractivity (Wildman–Crippen MR) is 121 cm³/mol. The number of benzene rings is 3. The molecule has 0 aliphatic rings. The molecule has 0 spiro atoms. The number of phenols is 1. The summed E-state index contributed by atoms with van der Waals surface area (Å²) >= 11 is 5.87. The Labute approximate surface area is 198 Å². The van der Waals surface area contributed by atoms with Crippen LogP contribution in [-0.4, -0.2) is 17.4 Å². The summed E-state index contributed by atoms with van der Waals surface area (Å²) < 4.78 is 56.8. The Bertz CT molecular complexity index is 1320. The lowest BCUT2D eigenvalue weighted by Crippen LogP contribution is -2.05. The van der Waals surface area contributed by atoms with Crippen molar-refractivity contribution < 1.29 is 32.3 Å². The highest BCUT2D eigenvalue weighted by atomic mass is 35.5. The van der Waals surface area contributed by atoms with E-state index in [1.165, 1.54) is 37.4 Å². The fourth-order valence-corrected chi connectivity index (χ4v) is 3.59. The highest BCUT2D eigenvalue weighted by Crippen LogP contribution is 2.45. The molecule has 0 saturated heterocycles. The number of alkyl halides is 3. The third kappa shape index (κ3) is 4.82. The number of aromatic hydroxyl groups is 1. The van der Waals surface area contributed by atoms with Crippen molar-refractivity contribution in [2.24, 2.45) is 0 Å². The van der Waals surface area contributed by atoms with Crippen LogP contribution in [0.4, 0.5) is 13.2 Å². The van der Waals surface area contributed by atoms with Gasteiger partial charge in [-0.3, -0.25) is 0 Å². The molecule has 176 valence electrons. The summed E-state index contributed by atoms with van der Waals surface area (Å²) in [4.78, 5) is 0. The standard InChI is InChI=1S/C25H19ClF3NO4/c1-14-3-6-16(11-21(14)32-2)22-23(30-34-24(22)25(27,28)29)19-10-9-18(12-20(19)31)33-13-15-4-7-17(26)8-5-15/h3-12,31H,13H2,1-2H3. The van der Waals surface area contributed by atoms with Crippen molar-refractivity contribution in [3.63, 3.8) is 0 Å². The molecule has 0 unspecified atom stereocenters. The largest absolute Gasteiger partial charge is 0.507 e. The van der Waals surface area contributed by atoms with E-state index >= 15 is 0 Å². The maximum Gasteiger partial charge on any atom is 0.453 e. The average molecular weight is 490 g/mol. The number of halogens is 4. The summed E-state index contributed by atoms with van der Waals surface area (Å²) in [6.07, 6.45) is -4.80. The number of phenolic OH excluding ortho intramolecular Hbond substituents is 1. The van der Waals surface area contributed by atoms with Crippen molar-refractivity contribution in [2.45, 2.75) is 19.7 Å². The third-order valence-electron chi connectivity index (χ3n) is 5.19. The molecule has 0 fully saturated rings. The first-order valence-electron chi connectivity index (χ1n) is 10.1. The Morgan fingerprint density at radius 3 is 2.41 bits per heavy atom. The van der Waals surface area contributed by atoms with Gasteiger partial charge in [0.05, 0.1) is 12.7 Å². The van der Waals surface area contributed by atoms with E-state index < -0.39 is 11.9 Å². The Kier molecular flexibility index (Phi) is 6.43. The van der Waals surface area contributed by atoms with Crippen LogP contribution in [0.2, 0.25) is 5.02 Å². The summed E-state index contributed by atoms with van der Waals surface area (Å²) in [6, 6.07) is 16.0. The molecule has 0 radical (unpaired) electrons. The van der Waals surface area contributed by atoms with Gasteiger partial charge in [0.2, 0.25) is 5.76 Å². The second-order valence-corrected chi connectivity index (χ2v) is 7.95. The quantitative estimate of drug-likeness (QED) is 0.308. The lowest BCUT2D eigenvalue weighted by molar-refractivity contribution is -0.154. The molecule has 0 aliphatic carbocycles. The highest BCUT2D eigenvalue weighted by Gasteiger charge is 2.41. The molecule has 1 aromatic heterocycles. The van der Waals surface area contributed by atoms with Crippen LogP contribution in [0.1, 0.15) is 16.9 Å². The van der Waals surface area contributed by atoms with E-state index in [4.69, 9.17) is 25.6 Å². The summed E-state index contributed by atoms with van der Waals surface area (Å²) in [7, 11) is 1.43. The van der Waals surface area contributed by atoms with E-state index in [0.717, 1.165) is 11.1 Å². The Balaban J connectivity index is 1.71. The molecule has 34 heavy (non-hydrogen) atoms. The molecule has 1 N–H and O–H groups in total. The molecule has 3 aromatic carbocycles. The molecular formula is C25H19ClF3NO4. The van der Waals surface area contributed by atoms with E-state index in [2.05, 4.69) is 5.16 Å². The van der Waals surface area contributed by atoms with Crippen molar-refractivity contribution in [3.8, 4) is 39.6 Å². The molecule has 4 aromatic rings. The number of ether oxygens (including phenoxy) is 2. The second-order valence-electron chi connectivity index (χ2n) is 7.51. The molecule has 0 bridgehead atoms. The van der Waals surface area contributed by atoms with Gasteiger partial charge in [-0.05, 0) is 53.9 Å². The molecule has 5 nitrogen and oxygen atoms in total. The van der Waals surface area contributed by atoms with Gasteiger partial charge < -0.3 is 19.1 Å². The summed E-state index contributed by atoms with van der Waals surface area (Å²) in [6.45, 7) is 1.99. The van der Waals surface area contributed by atoms with E-state index in [1.54, 1.807) is 37.3 Å². The molecule has 1 heterocycles. The minimum atomic E-state index is -4.80. The van der Waals surface area contributed by atoms with Crippen LogP contribution >= 0.6 is 11.6 Å². The van der Waals surface area contributed by atoms with Gasteiger partial charge in [0.15, 0.2) is 0 Å². The number of methoxy groups -OCH3 is 1. The number of nitrogens with zero attached hydrogens (tertiary/aromatic N) is 1. The Morgan fingerprint density at radius 2 is 1.76 bits per heavy atom. The van der Waals surface area contributed by atoms with Crippen molar-refractivity contribution in [1.82, 2.24) is 5.16 Å². The van der Waals surface area contributed by atoms with E-state index in [-0.39, 0.29) is 34.7 Å². The fraction of sp³-hybridized carbons (Fsp3) is 0.160. The fourth-order valence-electron chi connectivity index (χ4n) is 3.46. The monoisotopic (exact) mass is 489 g/mol. The zero-order valence-corrected chi connectivity index (χ0v) is 18.9. The van der Waals surface area contributed by atoms with E-state index in [1.807, 2.05) is 0 Å². The van der Waals surface area contributed by atoms with Gasteiger partial charge in [0.1, 0.15) is 29.5 Å². The number of hydrogen-bond donors (Lipinski definition) is 1. The highest BCUT2D eigenvalue weighted by molar-refractivity contribution is 6.30. The maximum atomic E-state index is 13.7. The predicted octanol–water partition coefficient (Wildman–Crippen LogP) is 7.28. The van der Waals surface area contributed by atoms with Gasteiger partial charge in [-0.15, -0.1) is 0 Å². The first-order valence-corrected chi connectivity index (χ1v) is 10.5. The molecule has 0 saturated carbocycles. The van der Waals surface area contributed by atoms with Gasteiger partial charge in [0.25, 0.3) is 0 Å². The van der Waals surface area contributed by atoms with Crippen LogP contribution in [0, 0.1) is 6.92 Å². The number of aryl methyl sites for hydroxylation is 1.